The van der Waals surface area contributed by atoms with Gasteiger partial charge in [-0.3, -0.25) is 0 Å². The highest BCUT2D eigenvalue weighted by atomic mass is 35.5. The van der Waals surface area contributed by atoms with Gasteiger partial charge in [0.05, 0.1) is 0 Å². The summed E-state index contributed by atoms with van der Waals surface area (Å²) in [5, 5.41) is 3.34. The zero-order chi connectivity index (χ0) is 16.5. The van der Waals surface area contributed by atoms with Crippen molar-refractivity contribution in [3.8, 4) is 0 Å². The second kappa shape index (κ2) is 7.82. The maximum absolute atomic E-state index is 2.42. The maximum atomic E-state index is 2.42. The molecule has 126 valence electrons. The van der Waals surface area contributed by atoms with Crippen LogP contribution in [-0.4, -0.2) is 5.16 Å². The second-order valence-electron chi connectivity index (χ2n) is 7.19. The Labute approximate surface area is 149 Å². The van der Waals surface area contributed by atoms with E-state index in [-0.39, 0.29) is 20.3 Å². The van der Waals surface area contributed by atoms with Gasteiger partial charge in [0.15, 0.2) is 0 Å². The molecule has 0 bridgehead atoms. The smallest absolute Gasteiger partial charge is 0.00735 e. The predicted molar refractivity (Wildman–Crippen MR) is 110 cm³/mol. The van der Waals surface area contributed by atoms with E-state index >= 15 is 0 Å². The summed E-state index contributed by atoms with van der Waals surface area (Å²) in [6.07, 6.45) is 1.19. The van der Waals surface area contributed by atoms with Gasteiger partial charge in [-0.05, 0) is 57.8 Å². The highest BCUT2D eigenvalue weighted by Crippen LogP contribution is 2.50. The minimum atomic E-state index is -0.359. The molecule has 0 atom stereocenters. The average molecular weight is 349 g/mol. The van der Waals surface area contributed by atoms with Gasteiger partial charge in [-0.1, -0.05) is 79.4 Å². The molecular formula is C21H30ClP. The summed E-state index contributed by atoms with van der Waals surface area (Å²) in [7, 11) is -0.359. The van der Waals surface area contributed by atoms with Crippen LogP contribution in [0.2, 0.25) is 0 Å². The van der Waals surface area contributed by atoms with Crippen LogP contribution in [0.1, 0.15) is 49.4 Å². The zero-order valence-corrected chi connectivity index (χ0v) is 17.2. The molecule has 0 saturated heterocycles. The van der Waals surface area contributed by atoms with E-state index in [0.717, 1.165) is 0 Å². The molecule has 0 fully saturated rings. The fourth-order valence-corrected chi connectivity index (χ4v) is 6.51. The van der Waals surface area contributed by atoms with Crippen LogP contribution in [0.3, 0.4) is 0 Å². The summed E-state index contributed by atoms with van der Waals surface area (Å²) < 4.78 is 0. The number of aryl methyl sites for hydroxylation is 4. The van der Waals surface area contributed by atoms with Crippen LogP contribution in [0.4, 0.5) is 0 Å². The predicted octanol–water partition coefficient (Wildman–Crippen LogP) is 5.96. The molecule has 0 aliphatic carbocycles. The van der Waals surface area contributed by atoms with Gasteiger partial charge in [-0.25, -0.2) is 0 Å². The van der Waals surface area contributed by atoms with E-state index in [9.17, 15) is 0 Å². The van der Waals surface area contributed by atoms with E-state index in [1.54, 1.807) is 0 Å². The quantitative estimate of drug-likeness (QED) is 0.598. The Morgan fingerprint density at radius 2 is 1.00 bits per heavy atom. The largest absolute Gasteiger partial charge is 0.147 e. The second-order valence-corrected chi connectivity index (χ2v) is 10.1. The molecule has 0 nitrogen and oxygen atoms in total. The zero-order valence-electron chi connectivity index (χ0n) is 15.5. The van der Waals surface area contributed by atoms with E-state index in [4.69, 9.17) is 0 Å². The molecule has 0 saturated carbocycles. The third-order valence-corrected chi connectivity index (χ3v) is 7.48. The minimum absolute atomic E-state index is 0. The number of halogens is 1. The molecule has 0 aliphatic heterocycles. The Kier molecular flexibility index (Phi) is 6.87. The lowest BCUT2D eigenvalue weighted by molar-refractivity contribution is 0.676. The van der Waals surface area contributed by atoms with Crippen molar-refractivity contribution in [1.82, 2.24) is 0 Å². The molecule has 2 aromatic carbocycles. The van der Waals surface area contributed by atoms with Crippen molar-refractivity contribution in [1.29, 1.82) is 0 Å². The van der Waals surface area contributed by atoms with Crippen LogP contribution >= 0.6 is 20.3 Å². The monoisotopic (exact) mass is 348 g/mol. The molecule has 0 spiro atoms. The number of rotatable bonds is 4. The van der Waals surface area contributed by atoms with Crippen LogP contribution in [0.25, 0.3) is 0 Å². The lowest BCUT2D eigenvalue weighted by Crippen LogP contribution is -2.29. The molecule has 0 radical (unpaired) electrons. The fraction of sp³-hybridized carbons (Fsp3) is 0.429. The van der Waals surface area contributed by atoms with Crippen LogP contribution in [0.15, 0.2) is 36.4 Å². The summed E-state index contributed by atoms with van der Waals surface area (Å²) in [6.45, 7) is 16.0. The minimum Gasteiger partial charge on any atom is -0.147 e. The normalized spacial score (nSPS) is 11.5. The molecule has 0 heterocycles. The first-order chi connectivity index (χ1) is 10.2. The van der Waals surface area contributed by atoms with E-state index in [1.807, 2.05) is 0 Å². The van der Waals surface area contributed by atoms with Crippen molar-refractivity contribution < 1.29 is 0 Å². The first-order valence-corrected chi connectivity index (χ1v) is 9.54. The van der Waals surface area contributed by atoms with Crippen molar-refractivity contribution in [2.24, 2.45) is 0 Å². The molecular weight excluding hydrogens is 319 g/mol. The Morgan fingerprint density at radius 3 is 1.26 bits per heavy atom. The van der Waals surface area contributed by atoms with Gasteiger partial charge in [0.1, 0.15) is 0 Å². The average Bonchev–Trinajstić information content (AvgIpc) is 2.36. The topological polar surface area (TPSA) is 0 Å². The third-order valence-electron chi connectivity index (χ3n) is 4.40. The Hall–Kier alpha value is -0.840. The van der Waals surface area contributed by atoms with Gasteiger partial charge in [-0.2, -0.15) is 0 Å². The van der Waals surface area contributed by atoms with E-state index in [2.05, 4.69) is 84.9 Å². The highest BCUT2D eigenvalue weighted by Gasteiger charge is 2.30. The summed E-state index contributed by atoms with van der Waals surface area (Å²) in [4.78, 5) is 0. The van der Waals surface area contributed by atoms with Crippen molar-refractivity contribution in [3.05, 3.63) is 58.7 Å². The summed E-state index contributed by atoms with van der Waals surface area (Å²) in [5.41, 5.74) is 5.50. The first kappa shape index (κ1) is 20.2. The SMILES string of the molecule is CCC(C)(C)P(c1cc(C)cc(C)c1)c1cc(C)cc(C)c1.Cl. The van der Waals surface area contributed by atoms with Crippen molar-refractivity contribution in [3.63, 3.8) is 0 Å². The fourth-order valence-electron chi connectivity index (χ4n) is 3.17. The Morgan fingerprint density at radius 1 is 0.696 bits per heavy atom. The first-order valence-electron chi connectivity index (χ1n) is 8.20. The maximum Gasteiger partial charge on any atom is -0.00735 e. The molecule has 2 rings (SSSR count). The van der Waals surface area contributed by atoms with Gasteiger partial charge in [0.2, 0.25) is 0 Å². The van der Waals surface area contributed by atoms with Gasteiger partial charge in [-0.15, -0.1) is 12.4 Å². The van der Waals surface area contributed by atoms with Gasteiger partial charge in [0.25, 0.3) is 0 Å². The van der Waals surface area contributed by atoms with Crippen LogP contribution < -0.4 is 10.6 Å². The number of benzene rings is 2. The van der Waals surface area contributed by atoms with E-state index < -0.39 is 0 Å². The molecule has 2 aromatic rings. The molecule has 0 N–H and O–H groups in total. The van der Waals surface area contributed by atoms with Gasteiger partial charge >= 0.3 is 0 Å². The molecule has 0 unspecified atom stereocenters. The Balaban J connectivity index is 0.00000264. The molecule has 0 aromatic heterocycles. The van der Waals surface area contributed by atoms with Crippen LogP contribution in [0.5, 0.6) is 0 Å². The van der Waals surface area contributed by atoms with Crippen LogP contribution in [0, 0.1) is 27.7 Å². The Bertz CT molecular complexity index is 582. The summed E-state index contributed by atoms with van der Waals surface area (Å²) >= 11 is 0. The lowest BCUT2D eigenvalue weighted by Gasteiger charge is -2.35. The molecule has 0 amide bonds. The van der Waals surface area contributed by atoms with Crippen molar-refractivity contribution >= 4 is 30.9 Å². The number of hydrogen-bond donors (Lipinski definition) is 0. The lowest BCUT2D eigenvalue weighted by atomic mass is 10.1. The number of hydrogen-bond acceptors (Lipinski definition) is 0. The van der Waals surface area contributed by atoms with E-state index in [1.165, 1.54) is 39.3 Å². The van der Waals surface area contributed by atoms with Crippen molar-refractivity contribution in [2.45, 2.75) is 60.0 Å². The van der Waals surface area contributed by atoms with Gasteiger partial charge < -0.3 is 0 Å². The summed E-state index contributed by atoms with van der Waals surface area (Å²) in [6, 6.07) is 14.1. The molecule has 2 heteroatoms. The standard InChI is InChI=1S/C21H29P.ClH/c1-8-21(6,7)22(19-11-15(2)9-16(3)12-19)20-13-17(4)10-18(5)14-20;/h9-14H,8H2,1-7H3;1H. The van der Waals surface area contributed by atoms with Gasteiger partial charge in [0, 0.05) is 0 Å². The van der Waals surface area contributed by atoms with E-state index in [0.29, 0.717) is 5.16 Å². The van der Waals surface area contributed by atoms with Crippen molar-refractivity contribution in [2.75, 3.05) is 0 Å². The molecule has 0 aliphatic rings. The van der Waals surface area contributed by atoms with Crippen LogP contribution in [-0.2, 0) is 0 Å². The highest BCUT2D eigenvalue weighted by molar-refractivity contribution is 7.74. The third kappa shape index (κ3) is 4.82. The summed E-state index contributed by atoms with van der Waals surface area (Å²) in [5.74, 6) is 0. The molecule has 23 heavy (non-hydrogen) atoms.